The molecule has 0 saturated heterocycles. The number of benzene rings is 1. The van der Waals surface area contributed by atoms with Gasteiger partial charge in [-0.1, -0.05) is 25.6 Å². The van der Waals surface area contributed by atoms with Gasteiger partial charge in [0.2, 0.25) is 0 Å². The molecule has 2 rings (SSSR count). The number of nitrogens with one attached hydrogen (secondary N) is 1. The molecule has 1 aliphatic heterocycles. The highest BCUT2D eigenvalue weighted by atomic mass is 79.9. The normalized spacial score (nSPS) is 19.2. The summed E-state index contributed by atoms with van der Waals surface area (Å²) in [7, 11) is 0. The third kappa shape index (κ3) is 3.03. The third-order valence-electron chi connectivity index (χ3n) is 2.68. The number of anilines is 1. The van der Waals surface area contributed by atoms with Crippen molar-refractivity contribution in [1.29, 1.82) is 0 Å². The van der Waals surface area contributed by atoms with Crippen LogP contribution in [0.2, 0.25) is 0 Å². The lowest BCUT2D eigenvalue weighted by molar-refractivity contribution is 0.543. The molecule has 1 N–H and O–H groups in total. The molecule has 1 unspecified atom stereocenters. The van der Waals surface area contributed by atoms with E-state index in [1.54, 1.807) is 11.8 Å². The molecule has 0 aromatic heterocycles. The van der Waals surface area contributed by atoms with Gasteiger partial charge in [-0.15, -0.1) is 0 Å². The van der Waals surface area contributed by atoms with E-state index in [0.29, 0.717) is 15.6 Å². The fourth-order valence-electron chi connectivity index (χ4n) is 1.57. The van der Waals surface area contributed by atoms with Crippen LogP contribution in [-0.4, -0.2) is 17.0 Å². The predicted octanol–water partition coefficient (Wildman–Crippen LogP) is 4.27. The van der Waals surface area contributed by atoms with Crippen molar-refractivity contribution in [3.05, 3.63) is 28.2 Å². The number of hydrogen-bond donors (Lipinski definition) is 1. The van der Waals surface area contributed by atoms with Gasteiger partial charge in [0.15, 0.2) is 11.0 Å². The minimum absolute atomic E-state index is 0.229. The van der Waals surface area contributed by atoms with Crippen molar-refractivity contribution >= 4 is 38.5 Å². The molecule has 6 heteroatoms. The summed E-state index contributed by atoms with van der Waals surface area (Å²) in [5, 5.41) is 3.59. The van der Waals surface area contributed by atoms with E-state index in [9.17, 15) is 8.78 Å². The van der Waals surface area contributed by atoms with Crippen LogP contribution in [0.1, 0.15) is 13.8 Å². The highest BCUT2D eigenvalue weighted by Gasteiger charge is 2.22. The molecule has 1 atom stereocenters. The SMILES string of the molecule is CC(C)C1CSC(Nc2c(F)cc(F)cc2Br)=N1. The molecule has 0 radical (unpaired) electrons. The van der Waals surface area contributed by atoms with Gasteiger partial charge in [0.1, 0.15) is 5.82 Å². The van der Waals surface area contributed by atoms with Gasteiger partial charge in [-0.25, -0.2) is 8.78 Å². The Morgan fingerprint density at radius 3 is 2.72 bits per heavy atom. The lowest BCUT2D eigenvalue weighted by atomic mass is 10.1. The van der Waals surface area contributed by atoms with Crippen LogP contribution in [0, 0.1) is 17.6 Å². The van der Waals surface area contributed by atoms with E-state index in [1.807, 2.05) is 0 Å². The summed E-state index contributed by atoms with van der Waals surface area (Å²) in [6.45, 7) is 4.21. The topological polar surface area (TPSA) is 24.4 Å². The van der Waals surface area contributed by atoms with Crippen molar-refractivity contribution in [2.45, 2.75) is 19.9 Å². The second-order valence-corrected chi connectivity index (χ2v) is 6.29. The highest BCUT2D eigenvalue weighted by molar-refractivity contribution is 9.10. The van der Waals surface area contributed by atoms with Gasteiger partial charge in [-0.2, -0.15) is 0 Å². The van der Waals surface area contributed by atoms with Crippen LogP contribution in [0.5, 0.6) is 0 Å². The Kier molecular flexibility index (Phi) is 4.27. The van der Waals surface area contributed by atoms with Crippen LogP contribution >= 0.6 is 27.7 Å². The van der Waals surface area contributed by atoms with Gasteiger partial charge in [-0.3, -0.25) is 4.99 Å². The quantitative estimate of drug-likeness (QED) is 0.873. The zero-order chi connectivity index (χ0) is 13.3. The Labute approximate surface area is 117 Å². The van der Waals surface area contributed by atoms with Crippen molar-refractivity contribution in [3.8, 4) is 0 Å². The molecule has 98 valence electrons. The van der Waals surface area contributed by atoms with Crippen LogP contribution in [0.25, 0.3) is 0 Å². The molecule has 1 aromatic rings. The summed E-state index contributed by atoms with van der Waals surface area (Å²) < 4.78 is 26.9. The maximum Gasteiger partial charge on any atom is 0.161 e. The zero-order valence-electron chi connectivity index (χ0n) is 10.0. The Hall–Kier alpha value is -0.620. The molecule has 2 nitrogen and oxygen atoms in total. The number of rotatable bonds is 2. The number of amidine groups is 1. The van der Waals surface area contributed by atoms with Crippen LogP contribution < -0.4 is 5.32 Å². The second kappa shape index (κ2) is 5.57. The lowest BCUT2D eigenvalue weighted by Gasteiger charge is -2.09. The van der Waals surface area contributed by atoms with Gasteiger partial charge in [0.25, 0.3) is 0 Å². The van der Waals surface area contributed by atoms with E-state index in [2.05, 4.69) is 40.1 Å². The Bertz CT molecular complexity index is 468. The van der Waals surface area contributed by atoms with Crippen LogP contribution in [0.15, 0.2) is 21.6 Å². The highest BCUT2D eigenvalue weighted by Crippen LogP contribution is 2.30. The predicted molar refractivity (Wildman–Crippen MR) is 76.2 cm³/mol. The first-order valence-corrected chi connectivity index (χ1v) is 7.37. The van der Waals surface area contributed by atoms with Gasteiger partial charge < -0.3 is 5.32 Å². The van der Waals surface area contributed by atoms with Crippen LogP contribution in [0.3, 0.4) is 0 Å². The molecule has 0 spiro atoms. The molecule has 18 heavy (non-hydrogen) atoms. The van der Waals surface area contributed by atoms with Crippen molar-refractivity contribution in [3.63, 3.8) is 0 Å². The van der Waals surface area contributed by atoms with Crippen molar-refractivity contribution in [1.82, 2.24) is 0 Å². The summed E-state index contributed by atoms with van der Waals surface area (Å²) in [6, 6.07) is 2.33. The Balaban J connectivity index is 2.18. The first-order chi connectivity index (χ1) is 8.47. The smallest absolute Gasteiger partial charge is 0.161 e. The fourth-order valence-corrected chi connectivity index (χ4v) is 3.25. The van der Waals surface area contributed by atoms with Crippen molar-refractivity contribution < 1.29 is 8.78 Å². The third-order valence-corrected chi connectivity index (χ3v) is 4.30. The maximum absolute atomic E-state index is 13.6. The van der Waals surface area contributed by atoms with E-state index in [4.69, 9.17) is 0 Å². The van der Waals surface area contributed by atoms with Gasteiger partial charge >= 0.3 is 0 Å². The molecule has 0 saturated carbocycles. The molecular weight excluding hydrogens is 322 g/mol. The summed E-state index contributed by atoms with van der Waals surface area (Å²) in [5.41, 5.74) is 0.229. The number of thioether (sulfide) groups is 1. The Morgan fingerprint density at radius 2 is 2.17 bits per heavy atom. The lowest BCUT2D eigenvalue weighted by Crippen LogP contribution is -2.12. The van der Waals surface area contributed by atoms with Gasteiger partial charge in [0.05, 0.1) is 11.7 Å². The van der Waals surface area contributed by atoms with E-state index in [-0.39, 0.29) is 11.7 Å². The van der Waals surface area contributed by atoms with E-state index in [1.165, 1.54) is 6.07 Å². The van der Waals surface area contributed by atoms with Gasteiger partial charge in [-0.05, 0) is 27.9 Å². The minimum Gasteiger partial charge on any atom is -0.332 e. The summed E-state index contributed by atoms with van der Waals surface area (Å²) in [6.07, 6.45) is 0. The van der Waals surface area contributed by atoms with Crippen LogP contribution in [0.4, 0.5) is 14.5 Å². The monoisotopic (exact) mass is 334 g/mol. The number of hydrogen-bond acceptors (Lipinski definition) is 3. The van der Waals surface area contributed by atoms with Crippen molar-refractivity contribution in [2.24, 2.45) is 10.9 Å². The number of aliphatic imine (C=N–C) groups is 1. The summed E-state index contributed by atoms with van der Waals surface area (Å²) in [5.74, 6) is 0.114. The molecule has 1 aliphatic rings. The molecule has 1 heterocycles. The first-order valence-electron chi connectivity index (χ1n) is 5.59. The van der Waals surface area contributed by atoms with Crippen LogP contribution in [-0.2, 0) is 0 Å². The largest absolute Gasteiger partial charge is 0.332 e. The standard InChI is InChI=1S/C12H13BrF2N2S/c1-6(2)10-5-18-12(16-10)17-11-8(13)3-7(14)4-9(11)15/h3-4,6,10H,5H2,1-2H3,(H,16,17). The second-order valence-electron chi connectivity index (χ2n) is 4.43. The Morgan fingerprint density at radius 1 is 1.44 bits per heavy atom. The van der Waals surface area contributed by atoms with Crippen molar-refractivity contribution in [2.75, 3.05) is 11.1 Å². The van der Waals surface area contributed by atoms with E-state index in [0.717, 1.165) is 11.8 Å². The summed E-state index contributed by atoms with van der Waals surface area (Å²) in [4.78, 5) is 4.47. The molecule has 1 aromatic carbocycles. The molecule has 0 amide bonds. The van der Waals surface area contributed by atoms with E-state index >= 15 is 0 Å². The average molecular weight is 335 g/mol. The zero-order valence-corrected chi connectivity index (χ0v) is 12.4. The fraction of sp³-hybridized carbons (Fsp3) is 0.417. The molecule has 0 aliphatic carbocycles. The summed E-state index contributed by atoms with van der Waals surface area (Å²) >= 11 is 4.70. The molecular formula is C12H13BrF2N2S. The first kappa shape index (κ1) is 13.8. The molecule has 0 fully saturated rings. The average Bonchev–Trinajstić information content (AvgIpc) is 2.71. The molecule has 0 bridgehead atoms. The number of nitrogens with zero attached hydrogens (tertiary/aromatic N) is 1. The van der Waals surface area contributed by atoms with E-state index < -0.39 is 11.6 Å². The maximum atomic E-state index is 13.6. The number of halogens is 3. The van der Waals surface area contributed by atoms with Gasteiger partial charge in [0, 0.05) is 16.3 Å². The minimum atomic E-state index is -0.627.